The molecule has 0 saturated carbocycles. The van der Waals surface area contributed by atoms with Gasteiger partial charge < -0.3 is 5.11 Å². The summed E-state index contributed by atoms with van der Waals surface area (Å²) in [5.41, 5.74) is 0.725. The van der Waals surface area contributed by atoms with Crippen molar-refractivity contribution in [1.82, 2.24) is 0 Å². The van der Waals surface area contributed by atoms with Gasteiger partial charge in [-0.1, -0.05) is 57.0 Å². The zero-order valence-electron chi connectivity index (χ0n) is 11.4. The average Bonchev–Trinajstić information content (AvgIpc) is 2.40. The molecule has 1 rings (SSSR count). The van der Waals surface area contributed by atoms with Crippen molar-refractivity contribution in [3.8, 4) is 6.07 Å². The van der Waals surface area contributed by atoms with Gasteiger partial charge in [0.1, 0.15) is 0 Å². The fourth-order valence-corrected chi connectivity index (χ4v) is 2.44. The molecule has 0 aromatic heterocycles. The van der Waals surface area contributed by atoms with Crippen molar-refractivity contribution < 1.29 is 5.11 Å². The molecular weight excluding hydrogens is 222 g/mol. The fourth-order valence-electron chi connectivity index (χ4n) is 2.44. The van der Waals surface area contributed by atoms with Gasteiger partial charge in [0, 0.05) is 6.61 Å². The molecule has 0 bridgehead atoms. The van der Waals surface area contributed by atoms with Gasteiger partial charge in [-0.15, -0.1) is 0 Å². The minimum atomic E-state index is -0.392. The Morgan fingerprint density at radius 2 is 1.83 bits per heavy atom. The molecule has 1 aromatic rings. The molecule has 0 spiro atoms. The van der Waals surface area contributed by atoms with Gasteiger partial charge in [-0.05, 0) is 24.3 Å². The lowest BCUT2D eigenvalue weighted by Gasteiger charge is -2.31. The molecular formula is C16H23NO. The molecule has 0 saturated heterocycles. The highest BCUT2D eigenvalue weighted by atomic mass is 16.2. The molecule has 1 aromatic carbocycles. The van der Waals surface area contributed by atoms with Crippen LogP contribution in [0.2, 0.25) is 0 Å². The van der Waals surface area contributed by atoms with Crippen molar-refractivity contribution in [2.75, 3.05) is 6.61 Å². The lowest BCUT2D eigenvalue weighted by molar-refractivity contribution is 0.276. The highest BCUT2D eigenvalue weighted by Crippen LogP contribution is 2.36. The number of unbranched alkanes of at least 4 members (excludes halogenated alkanes) is 2. The molecule has 0 aliphatic rings. The van der Waals surface area contributed by atoms with E-state index in [0.717, 1.165) is 31.2 Å². The number of nitriles is 1. The number of aliphatic hydroxyl groups is 1. The van der Waals surface area contributed by atoms with Crippen LogP contribution in [-0.4, -0.2) is 11.7 Å². The normalized spacial score (nSPS) is 14.2. The van der Waals surface area contributed by atoms with Crippen molar-refractivity contribution in [2.24, 2.45) is 5.92 Å². The number of hydrogen-bond acceptors (Lipinski definition) is 2. The Labute approximate surface area is 110 Å². The second-order valence-corrected chi connectivity index (χ2v) is 5.14. The summed E-state index contributed by atoms with van der Waals surface area (Å²) in [4.78, 5) is 0. The predicted octanol–water partition coefficient (Wildman–Crippen LogP) is 3.66. The molecule has 1 N–H and O–H groups in total. The molecule has 2 heteroatoms. The van der Waals surface area contributed by atoms with Gasteiger partial charge in [0.15, 0.2) is 0 Å². The topological polar surface area (TPSA) is 44.0 Å². The first-order valence-electron chi connectivity index (χ1n) is 6.75. The second kappa shape index (κ2) is 7.18. The molecule has 18 heavy (non-hydrogen) atoms. The molecule has 0 aliphatic carbocycles. The smallest absolute Gasteiger partial charge is 0.0845 e. The van der Waals surface area contributed by atoms with Gasteiger partial charge in [0.05, 0.1) is 11.5 Å². The maximum atomic E-state index is 9.66. The van der Waals surface area contributed by atoms with Gasteiger partial charge in [0.25, 0.3) is 0 Å². The zero-order chi connectivity index (χ0) is 13.4. The van der Waals surface area contributed by atoms with Gasteiger partial charge in [0.2, 0.25) is 0 Å². The van der Waals surface area contributed by atoms with Gasteiger partial charge in [-0.25, -0.2) is 0 Å². The van der Waals surface area contributed by atoms with E-state index < -0.39 is 5.41 Å². The van der Waals surface area contributed by atoms with E-state index in [2.05, 4.69) is 32.0 Å². The van der Waals surface area contributed by atoms with Crippen LogP contribution in [0.4, 0.5) is 0 Å². The van der Waals surface area contributed by atoms with E-state index in [9.17, 15) is 5.26 Å². The molecule has 0 radical (unpaired) electrons. The third-order valence-electron chi connectivity index (χ3n) is 3.70. The minimum Gasteiger partial charge on any atom is -0.396 e. The Kier molecular flexibility index (Phi) is 5.88. The number of hydrogen-bond donors (Lipinski definition) is 1. The molecule has 0 aliphatic heterocycles. The van der Waals surface area contributed by atoms with E-state index in [0.29, 0.717) is 5.92 Å². The molecule has 1 atom stereocenters. The van der Waals surface area contributed by atoms with Gasteiger partial charge in [-0.2, -0.15) is 5.26 Å². The van der Waals surface area contributed by atoms with Crippen molar-refractivity contribution in [1.29, 1.82) is 5.26 Å². The maximum Gasteiger partial charge on any atom is 0.0845 e. The fraction of sp³-hybridized carbons (Fsp3) is 0.562. The lowest BCUT2D eigenvalue weighted by Crippen LogP contribution is -2.30. The van der Waals surface area contributed by atoms with Crippen LogP contribution in [0.3, 0.4) is 0 Å². The molecule has 98 valence electrons. The molecule has 0 unspecified atom stereocenters. The summed E-state index contributed by atoms with van der Waals surface area (Å²) < 4.78 is 0. The molecule has 0 fully saturated rings. The van der Waals surface area contributed by atoms with Crippen molar-refractivity contribution in [2.45, 2.75) is 44.9 Å². The second-order valence-electron chi connectivity index (χ2n) is 5.14. The quantitative estimate of drug-likeness (QED) is 0.745. The highest BCUT2D eigenvalue weighted by molar-refractivity contribution is 5.33. The molecule has 2 nitrogen and oxygen atoms in total. The summed E-state index contributed by atoms with van der Waals surface area (Å²) in [6, 6.07) is 12.6. The Hall–Kier alpha value is -1.33. The van der Waals surface area contributed by atoms with Crippen LogP contribution in [0.5, 0.6) is 0 Å². The Bertz CT molecular complexity index is 380. The molecule has 0 amide bonds. The van der Waals surface area contributed by atoms with E-state index in [1.807, 2.05) is 18.2 Å². The predicted molar refractivity (Wildman–Crippen MR) is 74.1 cm³/mol. The Morgan fingerprint density at radius 3 is 2.33 bits per heavy atom. The number of rotatable bonds is 7. The Morgan fingerprint density at radius 1 is 1.17 bits per heavy atom. The van der Waals surface area contributed by atoms with Crippen LogP contribution in [0.25, 0.3) is 0 Å². The number of nitrogens with zero attached hydrogens (tertiary/aromatic N) is 1. The van der Waals surface area contributed by atoms with Crippen LogP contribution >= 0.6 is 0 Å². The summed E-state index contributed by atoms with van der Waals surface area (Å²) in [7, 11) is 0. The summed E-state index contributed by atoms with van der Waals surface area (Å²) in [5.74, 6) is 0.291. The summed E-state index contributed by atoms with van der Waals surface area (Å²) >= 11 is 0. The Balaban J connectivity index is 2.86. The van der Waals surface area contributed by atoms with Crippen LogP contribution in [0, 0.1) is 17.2 Å². The van der Waals surface area contributed by atoms with Crippen LogP contribution in [0.15, 0.2) is 30.3 Å². The van der Waals surface area contributed by atoms with Crippen molar-refractivity contribution >= 4 is 0 Å². The number of aliphatic hydroxyl groups excluding tert-OH is 1. The van der Waals surface area contributed by atoms with E-state index >= 15 is 0 Å². The van der Waals surface area contributed by atoms with Crippen molar-refractivity contribution in [3.05, 3.63) is 35.9 Å². The first-order chi connectivity index (χ1) is 8.67. The first kappa shape index (κ1) is 14.7. The molecule has 0 heterocycles. The SMILES string of the molecule is CC(C)[C@@](C#N)(CCCCCO)c1ccccc1. The average molecular weight is 245 g/mol. The van der Waals surface area contributed by atoms with Crippen LogP contribution < -0.4 is 0 Å². The highest BCUT2D eigenvalue weighted by Gasteiger charge is 2.35. The number of benzene rings is 1. The standard InChI is InChI=1S/C16H23NO/c1-14(2)16(13-17,11-7-4-8-12-18)15-9-5-3-6-10-15/h3,5-6,9-10,14,18H,4,7-8,11-12H2,1-2H3/t16-/m0/s1. The first-order valence-corrected chi connectivity index (χ1v) is 6.75. The van der Waals surface area contributed by atoms with Crippen molar-refractivity contribution in [3.63, 3.8) is 0 Å². The summed E-state index contributed by atoms with van der Waals surface area (Å²) in [6.45, 7) is 4.47. The van der Waals surface area contributed by atoms with Gasteiger partial charge in [-0.3, -0.25) is 0 Å². The minimum absolute atomic E-state index is 0.243. The third-order valence-corrected chi connectivity index (χ3v) is 3.70. The van der Waals surface area contributed by atoms with E-state index in [-0.39, 0.29) is 6.61 Å². The summed E-state index contributed by atoms with van der Waals surface area (Å²) in [6.07, 6.45) is 3.67. The monoisotopic (exact) mass is 245 g/mol. The van der Waals surface area contributed by atoms with E-state index in [1.165, 1.54) is 0 Å². The summed E-state index contributed by atoms with van der Waals surface area (Å²) in [5, 5.41) is 18.5. The third kappa shape index (κ3) is 3.34. The zero-order valence-corrected chi connectivity index (χ0v) is 11.4. The largest absolute Gasteiger partial charge is 0.396 e. The maximum absolute atomic E-state index is 9.66. The van der Waals surface area contributed by atoms with E-state index in [4.69, 9.17) is 5.11 Å². The lowest BCUT2D eigenvalue weighted by atomic mass is 9.69. The van der Waals surface area contributed by atoms with Crippen LogP contribution in [0.1, 0.15) is 45.1 Å². The van der Waals surface area contributed by atoms with Gasteiger partial charge >= 0.3 is 0 Å². The van der Waals surface area contributed by atoms with E-state index in [1.54, 1.807) is 0 Å². The van der Waals surface area contributed by atoms with Crippen LogP contribution in [-0.2, 0) is 5.41 Å².